The molecule has 8 heteroatoms. The summed E-state index contributed by atoms with van der Waals surface area (Å²) in [5, 5.41) is 8.26. The van der Waals surface area contributed by atoms with E-state index in [-0.39, 0.29) is 17.6 Å². The van der Waals surface area contributed by atoms with Crippen LogP contribution in [0.2, 0.25) is 0 Å². The fourth-order valence-corrected chi connectivity index (χ4v) is 4.24. The minimum absolute atomic E-state index is 0.0534. The lowest BCUT2D eigenvalue weighted by molar-refractivity contribution is 0.536. The van der Waals surface area contributed by atoms with Gasteiger partial charge in [0.15, 0.2) is 5.03 Å². The summed E-state index contributed by atoms with van der Waals surface area (Å²) in [6.45, 7) is 2.15. The second kappa shape index (κ2) is 6.49. The smallest absolute Gasteiger partial charge is 0.258 e. The summed E-state index contributed by atoms with van der Waals surface area (Å²) in [5.41, 5.74) is 6.01. The van der Waals surface area contributed by atoms with Crippen LogP contribution in [0.4, 0.5) is 0 Å². The van der Waals surface area contributed by atoms with Gasteiger partial charge in [0.2, 0.25) is 0 Å². The Morgan fingerprint density at radius 2 is 2.35 bits per heavy atom. The van der Waals surface area contributed by atoms with Crippen LogP contribution in [0.1, 0.15) is 36.2 Å². The number of thiophene rings is 1. The van der Waals surface area contributed by atoms with Gasteiger partial charge in [0.1, 0.15) is 0 Å². The monoisotopic (exact) mass is 314 g/mol. The quantitative estimate of drug-likeness (QED) is 0.724. The van der Waals surface area contributed by atoms with E-state index in [1.807, 2.05) is 24.4 Å². The molecule has 4 N–H and O–H groups in total. The fourth-order valence-electron chi connectivity index (χ4n) is 1.96. The lowest BCUT2D eigenvalue weighted by Gasteiger charge is -2.16. The molecule has 1 unspecified atom stereocenters. The molecular formula is C12H18N4O2S2. The largest absolute Gasteiger partial charge is 0.326 e. The third kappa shape index (κ3) is 3.26. The molecule has 0 bridgehead atoms. The summed E-state index contributed by atoms with van der Waals surface area (Å²) >= 11 is 1.54. The average molecular weight is 314 g/mol. The highest BCUT2D eigenvalue weighted by Crippen LogP contribution is 2.25. The number of nitrogens with one attached hydrogen (secondary N) is 2. The molecule has 2 aromatic rings. The van der Waals surface area contributed by atoms with Crippen molar-refractivity contribution in [1.29, 1.82) is 0 Å². The lowest BCUT2D eigenvalue weighted by Crippen LogP contribution is -2.29. The van der Waals surface area contributed by atoms with Crippen LogP contribution in [0.3, 0.4) is 0 Å². The summed E-state index contributed by atoms with van der Waals surface area (Å²) in [5.74, 6) is 0. The minimum atomic E-state index is -3.65. The number of nitrogens with two attached hydrogens (primary N) is 1. The van der Waals surface area contributed by atoms with E-state index in [1.165, 1.54) is 6.20 Å². The maximum atomic E-state index is 12.4. The molecule has 6 nitrogen and oxygen atoms in total. The molecular weight excluding hydrogens is 296 g/mol. The van der Waals surface area contributed by atoms with E-state index < -0.39 is 10.0 Å². The standard InChI is InChI=1S/C12H18N4O2S2/c1-2-4-10(11-5-3-6-19-11)16-20(17,18)12-9(7-13)8-14-15-12/h3,5-6,8,10,16H,2,4,7,13H2,1H3,(H,14,15). The Kier molecular flexibility index (Phi) is 4.92. The zero-order valence-corrected chi connectivity index (χ0v) is 12.8. The third-order valence-corrected chi connectivity index (χ3v) is 5.40. The van der Waals surface area contributed by atoms with E-state index in [2.05, 4.69) is 14.9 Å². The van der Waals surface area contributed by atoms with Gasteiger partial charge in [0, 0.05) is 17.0 Å². The predicted molar refractivity (Wildman–Crippen MR) is 78.8 cm³/mol. The highest BCUT2D eigenvalue weighted by Gasteiger charge is 2.25. The Labute approximate surface area is 122 Å². The van der Waals surface area contributed by atoms with Crippen molar-refractivity contribution in [3.05, 3.63) is 34.2 Å². The molecule has 20 heavy (non-hydrogen) atoms. The average Bonchev–Trinajstić information content (AvgIpc) is 3.09. The number of hydrogen-bond acceptors (Lipinski definition) is 5. The van der Waals surface area contributed by atoms with Crippen LogP contribution in [-0.2, 0) is 16.6 Å². The van der Waals surface area contributed by atoms with Gasteiger partial charge in [-0.3, -0.25) is 5.10 Å². The van der Waals surface area contributed by atoms with Crippen molar-refractivity contribution < 1.29 is 8.42 Å². The summed E-state index contributed by atoms with van der Waals surface area (Å²) in [4.78, 5) is 1.00. The number of nitrogens with zero attached hydrogens (tertiary/aromatic N) is 1. The van der Waals surface area contributed by atoms with E-state index >= 15 is 0 Å². The van der Waals surface area contributed by atoms with Crippen LogP contribution < -0.4 is 10.5 Å². The third-order valence-electron chi connectivity index (χ3n) is 2.93. The first kappa shape index (κ1) is 15.2. The first-order valence-corrected chi connectivity index (χ1v) is 8.72. The van der Waals surface area contributed by atoms with Crippen molar-refractivity contribution in [1.82, 2.24) is 14.9 Å². The van der Waals surface area contributed by atoms with Crippen LogP contribution >= 0.6 is 11.3 Å². The Morgan fingerprint density at radius 3 is 2.95 bits per heavy atom. The summed E-state index contributed by atoms with van der Waals surface area (Å²) in [7, 11) is -3.65. The van der Waals surface area contributed by atoms with Gasteiger partial charge in [-0.1, -0.05) is 19.4 Å². The van der Waals surface area contributed by atoms with E-state index in [4.69, 9.17) is 5.73 Å². The van der Waals surface area contributed by atoms with E-state index in [9.17, 15) is 8.42 Å². The SMILES string of the molecule is CCCC(NS(=O)(=O)c1[nH]ncc1CN)c1cccs1. The molecule has 0 aliphatic heterocycles. The molecule has 1 atom stereocenters. The van der Waals surface area contributed by atoms with Gasteiger partial charge in [0.25, 0.3) is 10.0 Å². The molecule has 0 aliphatic rings. The number of hydrogen-bond donors (Lipinski definition) is 3. The molecule has 110 valence electrons. The number of aromatic nitrogens is 2. The highest BCUT2D eigenvalue weighted by molar-refractivity contribution is 7.89. The Balaban J connectivity index is 2.26. The van der Waals surface area contributed by atoms with Gasteiger partial charge >= 0.3 is 0 Å². The molecule has 0 aliphatic carbocycles. The minimum Gasteiger partial charge on any atom is -0.326 e. The van der Waals surface area contributed by atoms with Crippen LogP contribution in [-0.4, -0.2) is 18.6 Å². The van der Waals surface area contributed by atoms with Crippen molar-refractivity contribution in [2.45, 2.75) is 37.4 Å². The number of rotatable bonds is 7. The number of sulfonamides is 1. The van der Waals surface area contributed by atoms with Gasteiger partial charge in [-0.05, 0) is 17.9 Å². The second-order valence-corrected chi connectivity index (χ2v) is 7.04. The van der Waals surface area contributed by atoms with Gasteiger partial charge in [-0.2, -0.15) is 5.10 Å². The summed E-state index contributed by atoms with van der Waals surface area (Å²) in [6.07, 6.45) is 3.07. The van der Waals surface area contributed by atoms with Gasteiger partial charge < -0.3 is 5.73 Å². The molecule has 0 fully saturated rings. The van der Waals surface area contributed by atoms with Crippen LogP contribution in [0.15, 0.2) is 28.7 Å². The van der Waals surface area contributed by atoms with Gasteiger partial charge in [-0.25, -0.2) is 13.1 Å². The van der Waals surface area contributed by atoms with Crippen LogP contribution in [0.5, 0.6) is 0 Å². The Morgan fingerprint density at radius 1 is 1.55 bits per heavy atom. The molecule has 0 saturated heterocycles. The zero-order chi connectivity index (χ0) is 14.6. The Hall–Kier alpha value is -1.22. The number of aromatic amines is 1. The predicted octanol–water partition coefficient (Wildman–Crippen LogP) is 1.75. The van der Waals surface area contributed by atoms with E-state index in [0.29, 0.717) is 5.56 Å². The molecule has 0 radical (unpaired) electrons. The Bertz CT molecular complexity index is 634. The van der Waals surface area contributed by atoms with Crippen molar-refractivity contribution in [2.75, 3.05) is 0 Å². The summed E-state index contributed by atoms with van der Waals surface area (Å²) in [6, 6.07) is 3.63. The first-order chi connectivity index (χ1) is 9.58. The molecule has 2 rings (SSSR count). The van der Waals surface area contributed by atoms with Crippen molar-refractivity contribution in [3.8, 4) is 0 Å². The molecule has 2 aromatic heterocycles. The van der Waals surface area contributed by atoms with Gasteiger partial charge in [0.05, 0.1) is 12.2 Å². The van der Waals surface area contributed by atoms with E-state index in [0.717, 1.165) is 17.7 Å². The lowest BCUT2D eigenvalue weighted by atomic mass is 10.1. The maximum Gasteiger partial charge on any atom is 0.258 e. The molecule has 2 heterocycles. The van der Waals surface area contributed by atoms with Crippen molar-refractivity contribution >= 4 is 21.4 Å². The van der Waals surface area contributed by atoms with Crippen molar-refractivity contribution in [3.63, 3.8) is 0 Å². The molecule has 0 amide bonds. The summed E-state index contributed by atoms with van der Waals surface area (Å²) < 4.78 is 27.6. The van der Waals surface area contributed by atoms with Crippen LogP contribution in [0, 0.1) is 0 Å². The van der Waals surface area contributed by atoms with Gasteiger partial charge in [-0.15, -0.1) is 11.3 Å². The molecule has 0 aromatic carbocycles. The normalized spacial score (nSPS) is 13.5. The molecule has 0 saturated carbocycles. The number of H-pyrrole nitrogens is 1. The van der Waals surface area contributed by atoms with E-state index in [1.54, 1.807) is 11.3 Å². The topological polar surface area (TPSA) is 101 Å². The highest BCUT2D eigenvalue weighted by atomic mass is 32.2. The molecule has 0 spiro atoms. The van der Waals surface area contributed by atoms with Crippen molar-refractivity contribution in [2.24, 2.45) is 5.73 Å². The van der Waals surface area contributed by atoms with Crippen LogP contribution in [0.25, 0.3) is 0 Å². The first-order valence-electron chi connectivity index (χ1n) is 6.36. The second-order valence-electron chi connectivity index (χ2n) is 4.41. The zero-order valence-electron chi connectivity index (χ0n) is 11.2. The maximum absolute atomic E-state index is 12.4. The fraction of sp³-hybridized carbons (Fsp3) is 0.417.